The number of rotatable bonds is 3. The monoisotopic (exact) mass is 280 g/mol. The Labute approximate surface area is 117 Å². The van der Waals surface area contributed by atoms with Crippen LogP contribution in [0.25, 0.3) is 0 Å². The van der Waals surface area contributed by atoms with E-state index in [1.807, 2.05) is 4.90 Å². The van der Waals surface area contributed by atoms with Gasteiger partial charge < -0.3 is 9.64 Å². The average Bonchev–Trinajstić information content (AvgIpc) is 3.01. The predicted octanol–water partition coefficient (Wildman–Crippen LogP) is 2.00. The van der Waals surface area contributed by atoms with Crippen LogP contribution in [0.2, 0.25) is 0 Å². The summed E-state index contributed by atoms with van der Waals surface area (Å²) in [6.45, 7) is 5.17. The molecule has 1 aromatic heterocycles. The van der Waals surface area contributed by atoms with Crippen LogP contribution in [-0.4, -0.2) is 37.1 Å². The first-order valence-corrected chi connectivity index (χ1v) is 7.75. The molecule has 0 bridgehead atoms. The molecule has 1 atom stereocenters. The topological polar surface area (TPSA) is 41.6 Å². The summed E-state index contributed by atoms with van der Waals surface area (Å²) in [6.07, 6.45) is 2.12. The van der Waals surface area contributed by atoms with Gasteiger partial charge in [0.05, 0.1) is 6.54 Å². The molecule has 0 aliphatic carbocycles. The molecule has 1 aromatic rings. The van der Waals surface area contributed by atoms with Gasteiger partial charge in [-0.2, -0.15) is 11.3 Å². The molecule has 4 nitrogen and oxygen atoms in total. The van der Waals surface area contributed by atoms with E-state index >= 15 is 0 Å². The van der Waals surface area contributed by atoms with Crippen LogP contribution in [0.3, 0.4) is 0 Å². The fourth-order valence-electron chi connectivity index (χ4n) is 2.88. The van der Waals surface area contributed by atoms with Crippen molar-refractivity contribution in [3.63, 3.8) is 0 Å². The zero-order valence-corrected chi connectivity index (χ0v) is 12.0. The minimum absolute atomic E-state index is 0.0541. The highest BCUT2D eigenvalue weighted by molar-refractivity contribution is 7.07. The molecule has 0 radical (unpaired) electrons. The molecule has 3 heterocycles. The fourth-order valence-corrected chi connectivity index (χ4v) is 3.56. The lowest BCUT2D eigenvalue weighted by Gasteiger charge is -2.38. The second-order valence-electron chi connectivity index (χ2n) is 5.78. The number of amides is 1. The SMILES string of the molecule is CC1(CN2C(=O)CNC2c2ccsc2)CCOCC1. The van der Waals surface area contributed by atoms with Gasteiger partial charge in [0.25, 0.3) is 0 Å². The standard InChI is InChI=1S/C14H20N2O2S/c1-14(3-5-18-6-4-14)10-16-12(17)8-15-13(16)11-2-7-19-9-11/h2,7,9,13,15H,3-6,8,10H2,1H3. The molecule has 2 aliphatic rings. The number of carbonyl (C=O) groups excluding carboxylic acids is 1. The minimum atomic E-state index is 0.0541. The Balaban J connectivity index is 1.75. The number of ether oxygens (including phenoxy) is 1. The number of hydrogen-bond donors (Lipinski definition) is 1. The Morgan fingerprint density at radius 1 is 1.53 bits per heavy atom. The minimum Gasteiger partial charge on any atom is -0.381 e. The van der Waals surface area contributed by atoms with Crippen molar-refractivity contribution in [2.24, 2.45) is 5.41 Å². The van der Waals surface area contributed by atoms with E-state index < -0.39 is 0 Å². The van der Waals surface area contributed by atoms with Crippen LogP contribution in [0.15, 0.2) is 16.8 Å². The van der Waals surface area contributed by atoms with Crippen LogP contribution >= 0.6 is 11.3 Å². The molecule has 1 unspecified atom stereocenters. The van der Waals surface area contributed by atoms with Gasteiger partial charge in [0.2, 0.25) is 5.91 Å². The van der Waals surface area contributed by atoms with E-state index in [1.165, 1.54) is 5.56 Å². The molecule has 3 rings (SSSR count). The number of nitrogens with zero attached hydrogens (tertiary/aromatic N) is 1. The van der Waals surface area contributed by atoms with E-state index in [4.69, 9.17) is 4.74 Å². The van der Waals surface area contributed by atoms with Crippen molar-refractivity contribution < 1.29 is 9.53 Å². The molecule has 0 saturated carbocycles. The summed E-state index contributed by atoms with van der Waals surface area (Å²) in [4.78, 5) is 14.1. The number of thiophene rings is 1. The molecule has 2 fully saturated rings. The van der Waals surface area contributed by atoms with E-state index in [1.54, 1.807) is 11.3 Å². The van der Waals surface area contributed by atoms with E-state index in [0.29, 0.717) is 6.54 Å². The third kappa shape index (κ3) is 2.68. The second-order valence-corrected chi connectivity index (χ2v) is 6.56. The van der Waals surface area contributed by atoms with Crippen LogP contribution < -0.4 is 5.32 Å². The molecule has 2 aliphatic heterocycles. The Morgan fingerprint density at radius 2 is 2.32 bits per heavy atom. The maximum Gasteiger partial charge on any atom is 0.238 e. The zero-order valence-electron chi connectivity index (χ0n) is 11.2. The van der Waals surface area contributed by atoms with Crippen molar-refractivity contribution in [3.05, 3.63) is 22.4 Å². The van der Waals surface area contributed by atoms with Gasteiger partial charge in [-0.05, 0) is 40.6 Å². The van der Waals surface area contributed by atoms with Gasteiger partial charge in [0.15, 0.2) is 0 Å². The van der Waals surface area contributed by atoms with Crippen molar-refractivity contribution in [1.82, 2.24) is 10.2 Å². The summed E-state index contributed by atoms with van der Waals surface area (Å²) < 4.78 is 5.44. The van der Waals surface area contributed by atoms with Crippen molar-refractivity contribution >= 4 is 17.2 Å². The predicted molar refractivity (Wildman–Crippen MR) is 74.9 cm³/mol. The van der Waals surface area contributed by atoms with Gasteiger partial charge in [0, 0.05) is 19.8 Å². The molecule has 19 heavy (non-hydrogen) atoms. The summed E-state index contributed by atoms with van der Waals surface area (Å²) in [5, 5.41) is 7.50. The largest absolute Gasteiger partial charge is 0.381 e. The van der Waals surface area contributed by atoms with Crippen LogP contribution in [0.4, 0.5) is 0 Å². The summed E-state index contributed by atoms with van der Waals surface area (Å²) in [5.74, 6) is 0.212. The lowest BCUT2D eigenvalue weighted by atomic mass is 9.82. The zero-order chi connectivity index (χ0) is 13.3. The lowest BCUT2D eigenvalue weighted by Crippen LogP contribution is -2.42. The number of hydrogen-bond acceptors (Lipinski definition) is 4. The first-order chi connectivity index (χ1) is 9.18. The number of carbonyl (C=O) groups is 1. The molecule has 0 aromatic carbocycles. The van der Waals surface area contributed by atoms with Gasteiger partial charge in [-0.15, -0.1) is 0 Å². The smallest absolute Gasteiger partial charge is 0.238 e. The maximum atomic E-state index is 12.1. The van der Waals surface area contributed by atoms with Gasteiger partial charge in [-0.3, -0.25) is 10.1 Å². The molecule has 0 spiro atoms. The highest BCUT2D eigenvalue weighted by atomic mass is 32.1. The van der Waals surface area contributed by atoms with Gasteiger partial charge in [-0.1, -0.05) is 6.92 Å². The molecule has 104 valence electrons. The van der Waals surface area contributed by atoms with E-state index in [2.05, 4.69) is 29.1 Å². The molecular formula is C14H20N2O2S. The number of nitrogens with one attached hydrogen (secondary N) is 1. The normalized spacial score (nSPS) is 26.9. The van der Waals surface area contributed by atoms with Crippen molar-refractivity contribution in [1.29, 1.82) is 0 Å². The quantitative estimate of drug-likeness (QED) is 0.920. The summed E-state index contributed by atoms with van der Waals surface area (Å²) >= 11 is 1.68. The van der Waals surface area contributed by atoms with Crippen LogP contribution in [0.5, 0.6) is 0 Å². The summed E-state index contributed by atoms with van der Waals surface area (Å²) in [6, 6.07) is 2.10. The van der Waals surface area contributed by atoms with Crippen LogP contribution in [0.1, 0.15) is 31.5 Å². The first kappa shape index (κ1) is 13.1. The second kappa shape index (κ2) is 5.23. The van der Waals surface area contributed by atoms with Gasteiger partial charge >= 0.3 is 0 Å². The lowest BCUT2D eigenvalue weighted by molar-refractivity contribution is -0.130. The van der Waals surface area contributed by atoms with Crippen molar-refractivity contribution in [2.45, 2.75) is 25.9 Å². The average molecular weight is 280 g/mol. The summed E-state index contributed by atoms with van der Waals surface area (Å²) in [5.41, 5.74) is 1.39. The van der Waals surface area contributed by atoms with Gasteiger partial charge in [-0.25, -0.2) is 0 Å². The van der Waals surface area contributed by atoms with E-state index in [-0.39, 0.29) is 17.5 Å². The molecule has 1 amide bonds. The van der Waals surface area contributed by atoms with Crippen LogP contribution in [0, 0.1) is 5.41 Å². The van der Waals surface area contributed by atoms with Crippen LogP contribution in [-0.2, 0) is 9.53 Å². The Morgan fingerprint density at radius 3 is 3.00 bits per heavy atom. The van der Waals surface area contributed by atoms with E-state index in [0.717, 1.165) is 32.6 Å². The Bertz CT molecular complexity index is 440. The third-order valence-electron chi connectivity index (χ3n) is 4.19. The van der Waals surface area contributed by atoms with Crippen molar-refractivity contribution in [2.75, 3.05) is 26.3 Å². The molecule has 5 heteroatoms. The Hall–Kier alpha value is -0.910. The highest BCUT2D eigenvalue weighted by Crippen LogP contribution is 2.34. The third-order valence-corrected chi connectivity index (χ3v) is 4.89. The van der Waals surface area contributed by atoms with E-state index in [9.17, 15) is 4.79 Å². The first-order valence-electron chi connectivity index (χ1n) is 6.81. The molecular weight excluding hydrogens is 260 g/mol. The fraction of sp³-hybridized carbons (Fsp3) is 0.643. The maximum absolute atomic E-state index is 12.1. The summed E-state index contributed by atoms with van der Waals surface area (Å²) in [7, 11) is 0. The Kier molecular flexibility index (Phi) is 3.60. The van der Waals surface area contributed by atoms with Crippen molar-refractivity contribution in [3.8, 4) is 0 Å². The molecule has 1 N–H and O–H groups in total. The molecule has 2 saturated heterocycles. The highest BCUT2D eigenvalue weighted by Gasteiger charge is 2.38. The van der Waals surface area contributed by atoms with Gasteiger partial charge in [0.1, 0.15) is 6.17 Å².